The number of benzene rings is 1. The predicted molar refractivity (Wildman–Crippen MR) is 111 cm³/mol. The molecule has 0 bridgehead atoms. The Hall–Kier alpha value is -2.46. The first-order chi connectivity index (χ1) is 13.9. The third kappa shape index (κ3) is 5.77. The van der Waals surface area contributed by atoms with Crippen molar-refractivity contribution in [1.82, 2.24) is 20.6 Å². The van der Waals surface area contributed by atoms with Gasteiger partial charge in [-0.1, -0.05) is 30.3 Å². The van der Waals surface area contributed by atoms with Gasteiger partial charge < -0.3 is 10.6 Å². The van der Waals surface area contributed by atoms with E-state index in [0.717, 1.165) is 37.9 Å². The maximum Gasteiger partial charge on any atom is 0.434 e. The monoisotopic (exact) mass is 439 g/mol. The molecule has 0 saturated heterocycles. The molecule has 0 fully saturated rings. The smallest absolute Gasteiger partial charge is 0.357 e. The lowest BCUT2D eigenvalue weighted by Crippen LogP contribution is -2.36. The van der Waals surface area contributed by atoms with Gasteiger partial charge in [0, 0.05) is 22.4 Å². The van der Waals surface area contributed by atoms with Gasteiger partial charge in [0.25, 0.3) is 0 Å². The third-order valence-corrected chi connectivity index (χ3v) is 5.93. The van der Waals surface area contributed by atoms with E-state index in [-0.39, 0.29) is 6.54 Å². The van der Waals surface area contributed by atoms with Crippen molar-refractivity contribution in [3.05, 3.63) is 57.0 Å². The quantitative estimate of drug-likeness (QED) is 0.426. The van der Waals surface area contributed by atoms with Crippen LogP contribution in [0.15, 0.2) is 40.7 Å². The van der Waals surface area contributed by atoms with E-state index in [2.05, 4.69) is 25.6 Å². The highest BCUT2D eigenvalue weighted by molar-refractivity contribution is 7.15. The fourth-order valence-corrected chi connectivity index (χ4v) is 4.19. The normalized spacial score (nSPS) is 12.2. The number of halogens is 3. The Morgan fingerprint density at radius 1 is 1.14 bits per heavy atom. The molecule has 1 aromatic carbocycles. The van der Waals surface area contributed by atoms with E-state index in [1.165, 1.54) is 0 Å². The van der Waals surface area contributed by atoms with Crippen LogP contribution in [0.25, 0.3) is 10.6 Å². The van der Waals surface area contributed by atoms with Crippen LogP contribution in [0.5, 0.6) is 0 Å². The first-order valence-corrected chi connectivity index (χ1v) is 10.6. The molecule has 29 heavy (non-hydrogen) atoms. The van der Waals surface area contributed by atoms with E-state index in [1.807, 2.05) is 44.2 Å². The number of aryl methyl sites for hydroxylation is 1. The Bertz CT molecular complexity index is 964. The highest BCUT2D eigenvalue weighted by atomic mass is 32.1. The first-order valence-electron chi connectivity index (χ1n) is 8.92. The zero-order valence-electron chi connectivity index (χ0n) is 15.9. The molecule has 0 radical (unpaired) electrons. The van der Waals surface area contributed by atoms with Gasteiger partial charge in [-0.15, -0.1) is 22.7 Å². The summed E-state index contributed by atoms with van der Waals surface area (Å²) in [5, 5.41) is 8.44. The molecule has 3 rings (SSSR count). The summed E-state index contributed by atoms with van der Waals surface area (Å²) in [4.78, 5) is 13.8. The minimum atomic E-state index is -4.42. The van der Waals surface area contributed by atoms with Crippen molar-refractivity contribution in [3.63, 3.8) is 0 Å². The van der Waals surface area contributed by atoms with E-state index in [1.54, 1.807) is 11.3 Å². The van der Waals surface area contributed by atoms with E-state index in [0.29, 0.717) is 24.1 Å². The molecule has 2 heterocycles. The van der Waals surface area contributed by atoms with E-state index < -0.39 is 11.9 Å². The number of nitrogens with one attached hydrogen (secondary N) is 2. The second-order valence-corrected chi connectivity index (χ2v) is 8.09. The first kappa shape index (κ1) is 21.3. The van der Waals surface area contributed by atoms with Gasteiger partial charge in [-0.25, -0.2) is 15.0 Å². The van der Waals surface area contributed by atoms with Crippen molar-refractivity contribution < 1.29 is 13.2 Å². The SMILES string of the molecule is CCNC(=NCc1sc(-c2ccccc2)nc1C)NCc1nc(C(F)(F)F)cs1. The van der Waals surface area contributed by atoms with Crippen molar-refractivity contribution in [1.29, 1.82) is 0 Å². The molecular formula is C19H20F3N5S2. The van der Waals surface area contributed by atoms with Crippen LogP contribution in [-0.2, 0) is 19.3 Å². The molecule has 2 aromatic heterocycles. The molecule has 0 amide bonds. The largest absolute Gasteiger partial charge is 0.434 e. The molecule has 0 aliphatic rings. The number of alkyl halides is 3. The number of hydrogen-bond donors (Lipinski definition) is 2. The Kier molecular flexibility index (Phi) is 6.86. The number of hydrogen-bond acceptors (Lipinski definition) is 5. The lowest BCUT2D eigenvalue weighted by atomic mass is 10.2. The zero-order valence-corrected chi connectivity index (χ0v) is 17.5. The standard InChI is InChI=1S/C19H20F3N5S2/c1-3-23-18(25-10-16-27-15(11-28-16)19(20,21)22)24-9-14-12(2)26-17(29-14)13-7-5-4-6-8-13/h4-8,11H,3,9-10H2,1-2H3,(H2,23,24,25). The summed E-state index contributed by atoms with van der Waals surface area (Å²) < 4.78 is 38.0. The zero-order chi connectivity index (χ0) is 20.9. The molecule has 0 aliphatic carbocycles. The fourth-order valence-electron chi connectivity index (χ4n) is 2.45. The van der Waals surface area contributed by atoms with E-state index in [9.17, 15) is 13.2 Å². The highest BCUT2D eigenvalue weighted by Crippen LogP contribution is 2.30. The average Bonchev–Trinajstić information content (AvgIpc) is 3.31. The molecule has 5 nitrogen and oxygen atoms in total. The van der Waals surface area contributed by atoms with Crippen LogP contribution in [0.4, 0.5) is 13.2 Å². The van der Waals surface area contributed by atoms with Gasteiger partial charge in [0.15, 0.2) is 11.7 Å². The van der Waals surface area contributed by atoms with Crippen LogP contribution < -0.4 is 10.6 Å². The number of aromatic nitrogens is 2. The Labute approximate surface area is 174 Å². The Morgan fingerprint density at radius 3 is 2.55 bits per heavy atom. The van der Waals surface area contributed by atoms with Gasteiger partial charge in [0.1, 0.15) is 10.0 Å². The van der Waals surface area contributed by atoms with Crippen LogP contribution in [0.1, 0.15) is 28.2 Å². The van der Waals surface area contributed by atoms with Crippen molar-refractivity contribution >= 4 is 28.6 Å². The Morgan fingerprint density at radius 2 is 1.90 bits per heavy atom. The summed E-state index contributed by atoms with van der Waals surface area (Å²) in [7, 11) is 0. The van der Waals surface area contributed by atoms with Crippen LogP contribution in [-0.4, -0.2) is 22.5 Å². The number of rotatable bonds is 6. The molecule has 0 saturated carbocycles. The van der Waals surface area contributed by atoms with Crippen LogP contribution >= 0.6 is 22.7 Å². The van der Waals surface area contributed by atoms with Crippen LogP contribution in [0.2, 0.25) is 0 Å². The number of nitrogens with zero attached hydrogens (tertiary/aromatic N) is 3. The minimum absolute atomic E-state index is 0.170. The van der Waals surface area contributed by atoms with Gasteiger partial charge in [-0.05, 0) is 13.8 Å². The average molecular weight is 440 g/mol. The van der Waals surface area contributed by atoms with Crippen molar-refractivity contribution in [2.24, 2.45) is 4.99 Å². The highest BCUT2D eigenvalue weighted by Gasteiger charge is 2.33. The summed E-state index contributed by atoms with van der Waals surface area (Å²) in [6.45, 7) is 5.10. The fraction of sp³-hybridized carbons (Fsp3) is 0.316. The van der Waals surface area contributed by atoms with E-state index >= 15 is 0 Å². The summed E-state index contributed by atoms with van der Waals surface area (Å²) in [6, 6.07) is 9.93. The minimum Gasteiger partial charge on any atom is -0.357 e. The van der Waals surface area contributed by atoms with Crippen molar-refractivity contribution in [2.45, 2.75) is 33.1 Å². The predicted octanol–water partition coefficient (Wildman–Crippen LogP) is 4.85. The summed E-state index contributed by atoms with van der Waals surface area (Å²) in [6.07, 6.45) is -4.42. The second-order valence-electron chi connectivity index (χ2n) is 6.07. The molecule has 0 unspecified atom stereocenters. The molecule has 0 aliphatic heterocycles. The molecule has 10 heteroatoms. The van der Waals surface area contributed by atoms with Crippen molar-refractivity contribution in [2.75, 3.05) is 6.54 Å². The number of aliphatic imine (C=N–C) groups is 1. The molecule has 0 atom stereocenters. The van der Waals surface area contributed by atoms with E-state index in [4.69, 9.17) is 0 Å². The maximum absolute atomic E-state index is 12.7. The molecule has 2 N–H and O–H groups in total. The van der Waals surface area contributed by atoms with Gasteiger partial charge in [0.05, 0.1) is 18.8 Å². The lowest BCUT2D eigenvalue weighted by Gasteiger charge is -2.09. The number of thiazole rings is 2. The molecule has 154 valence electrons. The summed E-state index contributed by atoms with van der Waals surface area (Å²) in [5.74, 6) is 0.519. The van der Waals surface area contributed by atoms with Gasteiger partial charge >= 0.3 is 6.18 Å². The van der Waals surface area contributed by atoms with Crippen LogP contribution in [0, 0.1) is 6.92 Å². The van der Waals surface area contributed by atoms with Gasteiger partial charge in [-0.2, -0.15) is 13.2 Å². The van der Waals surface area contributed by atoms with Gasteiger partial charge in [-0.3, -0.25) is 0 Å². The molecular weight excluding hydrogens is 419 g/mol. The summed E-state index contributed by atoms with van der Waals surface area (Å²) >= 11 is 2.55. The summed E-state index contributed by atoms with van der Waals surface area (Å²) in [5.41, 5.74) is 1.11. The Balaban J connectivity index is 1.66. The third-order valence-electron chi connectivity index (χ3n) is 3.89. The number of guanidine groups is 1. The van der Waals surface area contributed by atoms with Crippen LogP contribution in [0.3, 0.4) is 0 Å². The van der Waals surface area contributed by atoms with Crippen molar-refractivity contribution in [3.8, 4) is 10.6 Å². The van der Waals surface area contributed by atoms with Gasteiger partial charge in [0.2, 0.25) is 0 Å². The maximum atomic E-state index is 12.7. The lowest BCUT2D eigenvalue weighted by molar-refractivity contribution is -0.140. The molecule has 0 spiro atoms. The molecule has 3 aromatic rings. The topological polar surface area (TPSA) is 62.2 Å². The second kappa shape index (κ2) is 9.36.